The molecule has 11 heavy (non-hydrogen) atoms. The van der Waals surface area contributed by atoms with Gasteiger partial charge in [0, 0.05) is 6.07 Å². The predicted octanol–water partition coefficient (Wildman–Crippen LogP) is 0.851. The van der Waals surface area contributed by atoms with Crippen LogP contribution in [-0.2, 0) is 4.79 Å². The molecule has 4 nitrogen and oxygen atoms in total. The first kappa shape index (κ1) is 8.13. The van der Waals surface area contributed by atoms with Crippen molar-refractivity contribution >= 4 is 24.4 Å². The van der Waals surface area contributed by atoms with Gasteiger partial charge in [0.25, 0.3) is 0 Å². The van der Waals surface area contributed by atoms with E-state index in [0.29, 0.717) is 5.88 Å². The SMILES string of the molecule is Cc1cc(NC(=O)CS)on1. The van der Waals surface area contributed by atoms with Crippen LogP contribution < -0.4 is 5.32 Å². The molecule has 0 radical (unpaired) electrons. The Labute approximate surface area is 69.4 Å². The van der Waals surface area contributed by atoms with Crippen LogP contribution in [0.15, 0.2) is 10.6 Å². The summed E-state index contributed by atoms with van der Waals surface area (Å²) in [6.45, 7) is 1.78. The van der Waals surface area contributed by atoms with Gasteiger partial charge in [-0.15, -0.1) is 0 Å². The Bertz CT molecular complexity index is 259. The van der Waals surface area contributed by atoms with Crippen molar-refractivity contribution < 1.29 is 9.32 Å². The zero-order valence-corrected chi connectivity index (χ0v) is 6.89. The van der Waals surface area contributed by atoms with E-state index in [4.69, 9.17) is 4.52 Å². The molecule has 1 rings (SSSR count). The van der Waals surface area contributed by atoms with Crippen LogP contribution in [0, 0.1) is 6.92 Å². The van der Waals surface area contributed by atoms with Gasteiger partial charge in [0.05, 0.1) is 11.4 Å². The molecule has 0 aromatic carbocycles. The maximum Gasteiger partial charge on any atom is 0.236 e. The van der Waals surface area contributed by atoms with Crippen LogP contribution in [0.5, 0.6) is 0 Å². The summed E-state index contributed by atoms with van der Waals surface area (Å²) in [5, 5.41) is 6.06. The number of anilines is 1. The number of hydrogen-bond acceptors (Lipinski definition) is 4. The second kappa shape index (κ2) is 3.43. The highest BCUT2D eigenvalue weighted by Crippen LogP contribution is 2.07. The number of carbonyl (C=O) groups is 1. The van der Waals surface area contributed by atoms with Crippen molar-refractivity contribution in [3.63, 3.8) is 0 Å². The molecule has 1 aromatic heterocycles. The highest BCUT2D eigenvalue weighted by Gasteiger charge is 2.02. The lowest BCUT2D eigenvalue weighted by atomic mass is 10.5. The number of aryl methyl sites for hydroxylation is 1. The summed E-state index contributed by atoms with van der Waals surface area (Å²) in [6.07, 6.45) is 0. The second-order valence-corrected chi connectivity index (χ2v) is 2.36. The second-order valence-electron chi connectivity index (χ2n) is 2.04. The summed E-state index contributed by atoms with van der Waals surface area (Å²) in [5.41, 5.74) is 0.736. The minimum absolute atomic E-state index is 0.139. The van der Waals surface area contributed by atoms with E-state index >= 15 is 0 Å². The molecular weight excluding hydrogens is 164 g/mol. The summed E-state index contributed by atoms with van der Waals surface area (Å²) in [6, 6.07) is 1.64. The van der Waals surface area contributed by atoms with Crippen LogP contribution in [-0.4, -0.2) is 16.8 Å². The number of aromatic nitrogens is 1. The van der Waals surface area contributed by atoms with Crippen molar-refractivity contribution in [2.75, 3.05) is 11.1 Å². The third-order valence-electron chi connectivity index (χ3n) is 1.03. The number of thiol groups is 1. The summed E-state index contributed by atoms with van der Waals surface area (Å²) < 4.78 is 4.72. The lowest BCUT2D eigenvalue weighted by molar-refractivity contribution is -0.113. The molecule has 0 atom stereocenters. The number of hydrogen-bond donors (Lipinski definition) is 2. The van der Waals surface area contributed by atoms with Gasteiger partial charge in [0.15, 0.2) is 0 Å². The molecule has 0 spiro atoms. The molecule has 1 aromatic rings. The molecule has 0 aliphatic heterocycles. The molecule has 0 aliphatic rings. The summed E-state index contributed by atoms with van der Waals surface area (Å²) in [5.74, 6) is 0.297. The zero-order valence-electron chi connectivity index (χ0n) is 6.00. The lowest BCUT2D eigenvalue weighted by Gasteiger charge is -1.93. The van der Waals surface area contributed by atoms with Crippen molar-refractivity contribution in [1.82, 2.24) is 5.16 Å². The average molecular weight is 172 g/mol. The Hall–Kier alpha value is -0.970. The maximum absolute atomic E-state index is 10.7. The normalized spacial score (nSPS) is 9.64. The minimum Gasteiger partial charge on any atom is -0.338 e. The number of amides is 1. The Morgan fingerprint density at radius 1 is 1.91 bits per heavy atom. The number of carbonyl (C=O) groups excluding carboxylic acids is 1. The van der Waals surface area contributed by atoms with Crippen LogP contribution in [0.25, 0.3) is 0 Å². The first-order valence-electron chi connectivity index (χ1n) is 3.06. The third-order valence-corrected chi connectivity index (χ3v) is 1.32. The van der Waals surface area contributed by atoms with Crippen LogP contribution >= 0.6 is 12.6 Å². The Morgan fingerprint density at radius 2 is 2.64 bits per heavy atom. The van der Waals surface area contributed by atoms with Gasteiger partial charge < -0.3 is 4.52 Å². The third kappa shape index (κ3) is 2.27. The average Bonchev–Trinajstić information content (AvgIpc) is 2.35. The van der Waals surface area contributed by atoms with Gasteiger partial charge in [-0.3, -0.25) is 10.1 Å². The van der Waals surface area contributed by atoms with Crippen molar-refractivity contribution in [1.29, 1.82) is 0 Å². The van der Waals surface area contributed by atoms with Gasteiger partial charge in [0.1, 0.15) is 0 Å². The molecule has 0 bridgehead atoms. The predicted molar refractivity (Wildman–Crippen MR) is 43.7 cm³/mol. The fraction of sp³-hybridized carbons (Fsp3) is 0.333. The molecule has 0 fully saturated rings. The highest BCUT2D eigenvalue weighted by molar-refractivity contribution is 7.81. The summed E-state index contributed by atoms with van der Waals surface area (Å²) in [7, 11) is 0. The lowest BCUT2D eigenvalue weighted by Crippen LogP contribution is -2.11. The molecule has 1 N–H and O–H groups in total. The monoisotopic (exact) mass is 172 g/mol. The van der Waals surface area contributed by atoms with Gasteiger partial charge in [0.2, 0.25) is 11.8 Å². The van der Waals surface area contributed by atoms with E-state index in [9.17, 15) is 4.79 Å². The highest BCUT2D eigenvalue weighted by atomic mass is 32.1. The Kier molecular flexibility index (Phi) is 2.53. The van der Waals surface area contributed by atoms with Crippen molar-refractivity contribution in [2.45, 2.75) is 6.92 Å². The molecule has 60 valence electrons. The number of rotatable bonds is 2. The molecule has 1 amide bonds. The summed E-state index contributed by atoms with van der Waals surface area (Å²) in [4.78, 5) is 10.7. The van der Waals surface area contributed by atoms with E-state index in [0.717, 1.165) is 5.69 Å². The van der Waals surface area contributed by atoms with Crippen LogP contribution in [0.3, 0.4) is 0 Å². The van der Waals surface area contributed by atoms with Crippen LogP contribution in [0.2, 0.25) is 0 Å². The van der Waals surface area contributed by atoms with E-state index in [1.165, 1.54) is 0 Å². The van der Waals surface area contributed by atoms with E-state index in [-0.39, 0.29) is 11.7 Å². The van der Waals surface area contributed by atoms with Crippen LogP contribution in [0.1, 0.15) is 5.69 Å². The molecule has 0 aliphatic carbocycles. The van der Waals surface area contributed by atoms with Gasteiger partial charge in [-0.2, -0.15) is 12.6 Å². The molecule has 1 heterocycles. The zero-order chi connectivity index (χ0) is 8.27. The van der Waals surface area contributed by atoms with Crippen molar-refractivity contribution in [3.05, 3.63) is 11.8 Å². The summed E-state index contributed by atoms with van der Waals surface area (Å²) >= 11 is 3.78. The van der Waals surface area contributed by atoms with E-state index in [1.807, 2.05) is 0 Å². The molecule has 5 heteroatoms. The molecule has 0 saturated heterocycles. The van der Waals surface area contributed by atoms with E-state index in [2.05, 4.69) is 23.1 Å². The minimum atomic E-state index is -0.204. The number of nitrogens with zero attached hydrogens (tertiary/aromatic N) is 1. The standard InChI is InChI=1S/C6H8N2O2S/c1-4-2-6(10-8-4)7-5(9)3-11/h2,11H,3H2,1H3,(H,7,9). The quantitative estimate of drug-likeness (QED) is 0.650. The van der Waals surface area contributed by atoms with E-state index < -0.39 is 0 Å². The van der Waals surface area contributed by atoms with Gasteiger partial charge in [-0.1, -0.05) is 5.16 Å². The first-order chi connectivity index (χ1) is 5.22. The fourth-order valence-electron chi connectivity index (χ4n) is 0.599. The Morgan fingerprint density at radius 3 is 3.09 bits per heavy atom. The molecular formula is C6H8N2O2S. The smallest absolute Gasteiger partial charge is 0.236 e. The molecule has 0 unspecified atom stereocenters. The van der Waals surface area contributed by atoms with Gasteiger partial charge in [-0.25, -0.2) is 0 Å². The first-order valence-corrected chi connectivity index (χ1v) is 3.69. The maximum atomic E-state index is 10.7. The van der Waals surface area contributed by atoms with Crippen molar-refractivity contribution in [2.24, 2.45) is 0 Å². The van der Waals surface area contributed by atoms with Gasteiger partial charge in [-0.05, 0) is 6.92 Å². The molecule has 0 saturated carbocycles. The van der Waals surface area contributed by atoms with Crippen molar-refractivity contribution in [3.8, 4) is 0 Å². The van der Waals surface area contributed by atoms with E-state index in [1.54, 1.807) is 13.0 Å². The largest absolute Gasteiger partial charge is 0.338 e. The topological polar surface area (TPSA) is 55.1 Å². The van der Waals surface area contributed by atoms with Crippen LogP contribution in [0.4, 0.5) is 5.88 Å². The number of nitrogens with one attached hydrogen (secondary N) is 1. The Balaban J connectivity index is 2.57. The fourth-order valence-corrected chi connectivity index (χ4v) is 0.678. The van der Waals surface area contributed by atoms with Gasteiger partial charge >= 0.3 is 0 Å².